The van der Waals surface area contributed by atoms with E-state index >= 15 is 0 Å². The molecule has 0 aliphatic carbocycles. The molecule has 0 atom stereocenters. The highest BCUT2D eigenvalue weighted by atomic mass is 16.5. The van der Waals surface area contributed by atoms with Crippen LogP contribution in [0, 0.1) is 5.92 Å². The summed E-state index contributed by atoms with van der Waals surface area (Å²) in [7, 11) is 1.46. The Morgan fingerprint density at radius 2 is 1.80 bits per heavy atom. The SMILES string of the molecule is COc1ccc(NC(C)=O)cc1NC(=O)COC(=O)c1cccc(OCC(C)C)c1. The summed E-state index contributed by atoms with van der Waals surface area (Å²) >= 11 is 0. The Morgan fingerprint density at radius 3 is 2.47 bits per heavy atom. The second-order valence-electron chi connectivity index (χ2n) is 6.95. The summed E-state index contributed by atoms with van der Waals surface area (Å²) in [6.07, 6.45) is 0. The number of ether oxygens (including phenoxy) is 3. The minimum absolute atomic E-state index is 0.244. The first-order valence-electron chi connectivity index (χ1n) is 9.44. The zero-order valence-electron chi connectivity index (χ0n) is 17.5. The lowest BCUT2D eigenvalue weighted by Gasteiger charge is -2.13. The van der Waals surface area contributed by atoms with Crippen LogP contribution in [-0.2, 0) is 14.3 Å². The molecule has 0 aromatic heterocycles. The van der Waals surface area contributed by atoms with E-state index in [1.54, 1.807) is 42.5 Å². The second kappa shape index (κ2) is 10.8. The third kappa shape index (κ3) is 7.12. The number of rotatable bonds is 9. The molecule has 8 heteroatoms. The number of carbonyl (C=O) groups excluding carboxylic acids is 3. The molecule has 0 bridgehead atoms. The van der Waals surface area contributed by atoms with Crippen molar-refractivity contribution in [2.75, 3.05) is 31.0 Å². The van der Waals surface area contributed by atoms with E-state index in [-0.39, 0.29) is 11.5 Å². The number of methoxy groups -OCH3 is 1. The largest absolute Gasteiger partial charge is 0.495 e. The molecule has 2 amide bonds. The smallest absolute Gasteiger partial charge is 0.338 e. The predicted octanol–water partition coefficient (Wildman–Crippen LogP) is 3.48. The van der Waals surface area contributed by atoms with E-state index in [4.69, 9.17) is 14.2 Å². The van der Waals surface area contributed by atoms with Gasteiger partial charge in [0.05, 0.1) is 25.0 Å². The molecule has 2 aromatic carbocycles. The number of nitrogens with one attached hydrogen (secondary N) is 2. The molecule has 0 unspecified atom stereocenters. The molecule has 0 radical (unpaired) electrons. The molecule has 0 heterocycles. The third-order valence-corrected chi connectivity index (χ3v) is 3.78. The number of carbonyl (C=O) groups is 3. The maximum atomic E-state index is 12.3. The van der Waals surface area contributed by atoms with Crippen molar-refractivity contribution >= 4 is 29.2 Å². The van der Waals surface area contributed by atoms with Crippen molar-refractivity contribution in [3.63, 3.8) is 0 Å². The molecule has 160 valence electrons. The maximum absolute atomic E-state index is 12.3. The van der Waals surface area contributed by atoms with E-state index in [1.165, 1.54) is 14.0 Å². The van der Waals surface area contributed by atoms with Crippen LogP contribution >= 0.6 is 0 Å². The van der Waals surface area contributed by atoms with E-state index < -0.39 is 18.5 Å². The molecule has 0 saturated heterocycles. The molecule has 2 N–H and O–H groups in total. The first-order chi connectivity index (χ1) is 14.3. The lowest BCUT2D eigenvalue weighted by atomic mass is 10.2. The second-order valence-corrected chi connectivity index (χ2v) is 6.95. The molecular formula is C22H26N2O6. The predicted molar refractivity (Wildman–Crippen MR) is 113 cm³/mol. The van der Waals surface area contributed by atoms with Crippen molar-refractivity contribution in [2.24, 2.45) is 5.92 Å². The summed E-state index contributed by atoms with van der Waals surface area (Å²) in [5.41, 5.74) is 1.12. The highest BCUT2D eigenvalue weighted by Crippen LogP contribution is 2.27. The van der Waals surface area contributed by atoms with Gasteiger partial charge in [-0.3, -0.25) is 9.59 Å². The van der Waals surface area contributed by atoms with Crippen LogP contribution in [0.2, 0.25) is 0 Å². The highest BCUT2D eigenvalue weighted by Gasteiger charge is 2.14. The van der Waals surface area contributed by atoms with Gasteiger partial charge in [0.15, 0.2) is 6.61 Å². The fourth-order valence-corrected chi connectivity index (χ4v) is 2.46. The van der Waals surface area contributed by atoms with Gasteiger partial charge in [-0.1, -0.05) is 19.9 Å². The van der Waals surface area contributed by atoms with Gasteiger partial charge in [-0.05, 0) is 42.3 Å². The summed E-state index contributed by atoms with van der Waals surface area (Å²) in [4.78, 5) is 35.7. The number of hydrogen-bond acceptors (Lipinski definition) is 6. The molecular weight excluding hydrogens is 388 g/mol. The van der Waals surface area contributed by atoms with Crippen molar-refractivity contribution in [3.8, 4) is 11.5 Å². The Balaban J connectivity index is 1.97. The van der Waals surface area contributed by atoms with Gasteiger partial charge < -0.3 is 24.8 Å². The van der Waals surface area contributed by atoms with Gasteiger partial charge in [0.2, 0.25) is 5.91 Å². The van der Waals surface area contributed by atoms with E-state index in [1.807, 2.05) is 13.8 Å². The van der Waals surface area contributed by atoms with Crippen molar-refractivity contribution in [1.29, 1.82) is 0 Å². The number of amides is 2. The summed E-state index contributed by atoms with van der Waals surface area (Å²) in [5, 5.41) is 5.23. The van der Waals surface area contributed by atoms with Crippen LogP contribution in [0.15, 0.2) is 42.5 Å². The molecule has 8 nitrogen and oxygen atoms in total. The van der Waals surface area contributed by atoms with Crippen LogP contribution in [0.5, 0.6) is 11.5 Å². The maximum Gasteiger partial charge on any atom is 0.338 e. The lowest BCUT2D eigenvalue weighted by molar-refractivity contribution is -0.119. The third-order valence-electron chi connectivity index (χ3n) is 3.78. The van der Waals surface area contributed by atoms with E-state index in [0.717, 1.165) is 0 Å². The molecule has 0 saturated carbocycles. The Morgan fingerprint density at radius 1 is 1.03 bits per heavy atom. The van der Waals surface area contributed by atoms with Gasteiger partial charge in [0.1, 0.15) is 11.5 Å². The van der Waals surface area contributed by atoms with Crippen molar-refractivity contribution in [1.82, 2.24) is 0 Å². The standard InChI is InChI=1S/C22H26N2O6/c1-14(2)12-29-18-7-5-6-16(10-18)22(27)30-13-21(26)24-19-11-17(23-15(3)25)8-9-20(19)28-4/h5-11,14H,12-13H2,1-4H3,(H,23,25)(H,24,26). The minimum atomic E-state index is -0.640. The molecule has 30 heavy (non-hydrogen) atoms. The summed E-state index contributed by atoms with van der Waals surface area (Å²) < 4.78 is 15.9. The Bertz CT molecular complexity index is 910. The average molecular weight is 414 g/mol. The number of benzene rings is 2. The van der Waals surface area contributed by atoms with Crippen LogP contribution in [0.1, 0.15) is 31.1 Å². The molecule has 2 rings (SSSR count). The number of hydrogen-bond donors (Lipinski definition) is 2. The van der Waals surface area contributed by atoms with Crippen LogP contribution in [0.3, 0.4) is 0 Å². The molecule has 0 aliphatic rings. The quantitative estimate of drug-likeness (QED) is 0.609. The topological polar surface area (TPSA) is 103 Å². The first-order valence-corrected chi connectivity index (χ1v) is 9.44. The van der Waals surface area contributed by atoms with Gasteiger partial charge >= 0.3 is 5.97 Å². The van der Waals surface area contributed by atoms with Gasteiger partial charge in [0, 0.05) is 12.6 Å². The van der Waals surface area contributed by atoms with Crippen molar-refractivity contribution in [2.45, 2.75) is 20.8 Å². The normalized spacial score (nSPS) is 10.3. The summed E-state index contributed by atoms with van der Waals surface area (Å²) in [6.45, 7) is 5.48. The molecule has 0 fully saturated rings. The van der Waals surface area contributed by atoms with Crippen LogP contribution < -0.4 is 20.1 Å². The number of anilines is 2. The van der Waals surface area contributed by atoms with Gasteiger partial charge in [-0.2, -0.15) is 0 Å². The van der Waals surface area contributed by atoms with Crippen LogP contribution in [0.4, 0.5) is 11.4 Å². The zero-order chi connectivity index (χ0) is 22.1. The van der Waals surface area contributed by atoms with E-state index in [0.29, 0.717) is 35.4 Å². The molecule has 2 aromatic rings. The fourth-order valence-electron chi connectivity index (χ4n) is 2.46. The average Bonchev–Trinajstić information content (AvgIpc) is 2.70. The first kappa shape index (κ1) is 22.7. The van der Waals surface area contributed by atoms with Gasteiger partial charge in [-0.15, -0.1) is 0 Å². The Hall–Kier alpha value is -3.55. The fraction of sp³-hybridized carbons (Fsp3) is 0.318. The van der Waals surface area contributed by atoms with Gasteiger partial charge in [-0.25, -0.2) is 4.79 Å². The lowest BCUT2D eigenvalue weighted by Crippen LogP contribution is -2.21. The minimum Gasteiger partial charge on any atom is -0.495 e. The van der Waals surface area contributed by atoms with Crippen molar-refractivity contribution < 1.29 is 28.6 Å². The van der Waals surface area contributed by atoms with E-state index in [9.17, 15) is 14.4 Å². The van der Waals surface area contributed by atoms with E-state index in [2.05, 4.69) is 10.6 Å². The van der Waals surface area contributed by atoms with Crippen LogP contribution in [-0.4, -0.2) is 38.1 Å². The monoisotopic (exact) mass is 414 g/mol. The highest BCUT2D eigenvalue weighted by molar-refractivity contribution is 5.97. The summed E-state index contributed by atoms with van der Waals surface area (Å²) in [6, 6.07) is 11.4. The number of esters is 1. The zero-order valence-corrected chi connectivity index (χ0v) is 17.5. The van der Waals surface area contributed by atoms with Crippen LogP contribution in [0.25, 0.3) is 0 Å². The van der Waals surface area contributed by atoms with Gasteiger partial charge in [0.25, 0.3) is 5.91 Å². The molecule has 0 aliphatic heterocycles. The van der Waals surface area contributed by atoms with Crippen molar-refractivity contribution in [3.05, 3.63) is 48.0 Å². The Labute approximate surface area is 175 Å². The Kier molecular flexibility index (Phi) is 8.22. The summed E-state index contributed by atoms with van der Waals surface area (Å²) in [5.74, 6) is -0.120. The molecule has 0 spiro atoms.